The van der Waals surface area contributed by atoms with Gasteiger partial charge in [0, 0.05) is 36.2 Å². The highest BCUT2D eigenvalue weighted by Gasteiger charge is 2.49. The number of fused-ring (bicyclic) bond motifs is 4. The van der Waals surface area contributed by atoms with Gasteiger partial charge in [-0.1, -0.05) is 46.0 Å². The maximum atomic E-state index is 13.5. The van der Waals surface area contributed by atoms with Crippen molar-refractivity contribution in [2.75, 3.05) is 13.2 Å². The first kappa shape index (κ1) is 27.3. The molecule has 35 heavy (non-hydrogen) atoms. The van der Waals surface area contributed by atoms with Crippen molar-refractivity contribution in [3.63, 3.8) is 0 Å². The van der Waals surface area contributed by atoms with Gasteiger partial charge in [0.15, 0.2) is 0 Å². The number of nitrogens with one attached hydrogen (secondary N) is 1. The largest absolute Gasteiger partial charge is 0.465 e. The summed E-state index contributed by atoms with van der Waals surface area (Å²) in [6.07, 6.45) is 12.6. The molecule has 0 aliphatic heterocycles. The van der Waals surface area contributed by atoms with E-state index in [-0.39, 0.29) is 43.3 Å². The Morgan fingerprint density at radius 3 is 2.37 bits per heavy atom. The molecule has 0 aromatic carbocycles. The molecule has 0 radical (unpaired) electrons. The van der Waals surface area contributed by atoms with Gasteiger partial charge >= 0.3 is 11.5 Å². The molecule has 4 aliphatic rings. The second-order valence-corrected chi connectivity index (χ2v) is 13.6. The third kappa shape index (κ3) is 6.97. The average molecular weight is 518 g/mol. The van der Waals surface area contributed by atoms with E-state index in [2.05, 4.69) is 11.6 Å². The van der Waals surface area contributed by atoms with Crippen LogP contribution in [0.1, 0.15) is 97.3 Å². The van der Waals surface area contributed by atoms with Crippen LogP contribution in [0.3, 0.4) is 0 Å². The van der Waals surface area contributed by atoms with Gasteiger partial charge in [-0.15, -0.1) is 0 Å². The molecule has 200 valence electrons. The van der Waals surface area contributed by atoms with E-state index in [0.29, 0.717) is 23.7 Å². The second kappa shape index (κ2) is 10.9. The van der Waals surface area contributed by atoms with E-state index in [1.54, 1.807) is 0 Å². The Balaban J connectivity index is 1.38. The normalized spacial score (nSPS) is 38.0. The number of carbonyl (C=O) groups is 2. The summed E-state index contributed by atoms with van der Waals surface area (Å²) >= 11 is -0.289. The third-order valence-electron chi connectivity index (χ3n) is 9.38. The Labute approximate surface area is 212 Å². The Kier molecular flexibility index (Phi) is 8.51. The maximum Gasteiger partial charge on any atom is 0.456 e. The van der Waals surface area contributed by atoms with Crippen molar-refractivity contribution in [1.29, 1.82) is 0 Å². The van der Waals surface area contributed by atoms with Crippen LogP contribution in [0.2, 0.25) is 0 Å². The number of alkyl halides is 3. The van der Waals surface area contributed by atoms with Crippen LogP contribution in [0.5, 0.6) is 0 Å². The Morgan fingerprint density at radius 2 is 1.69 bits per heavy atom. The minimum absolute atomic E-state index is 0.000273. The zero-order chi connectivity index (χ0) is 25.3. The van der Waals surface area contributed by atoms with Crippen LogP contribution < -0.4 is 4.72 Å². The predicted molar refractivity (Wildman–Crippen MR) is 131 cm³/mol. The van der Waals surface area contributed by atoms with Gasteiger partial charge in [0.05, 0.1) is 12.0 Å². The van der Waals surface area contributed by atoms with Crippen molar-refractivity contribution in [3.8, 4) is 0 Å². The topological polar surface area (TPSA) is 55.4 Å². The van der Waals surface area contributed by atoms with E-state index >= 15 is 0 Å². The van der Waals surface area contributed by atoms with Crippen molar-refractivity contribution in [2.24, 2.45) is 40.4 Å². The van der Waals surface area contributed by atoms with E-state index in [9.17, 15) is 22.8 Å². The first-order valence-electron chi connectivity index (χ1n) is 13.6. The minimum atomic E-state index is -4.40. The van der Waals surface area contributed by atoms with Crippen molar-refractivity contribution in [1.82, 2.24) is 4.72 Å². The van der Waals surface area contributed by atoms with Gasteiger partial charge in [-0.05, 0) is 68.6 Å². The zero-order valence-electron chi connectivity index (χ0n) is 21.3. The van der Waals surface area contributed by atoms with Gasteiger partial charge < -0.3 is 4.74 Å². The lowest BCUT2D eigenvalue weighted by Crippen LogP contribution is -2.44. The molecule has 4 saturated carbocycles. The fraction of sp³-hybridized carbons (Fsp3) is 0.926. The Hall–Kier alpha value is -0.760. The molecule has 0 aromatic heterocycles. The van der Waals surface area contributed by atoms with Gasteiger partial charge in [-0.25, -0.2) is 0 Å². The summed E-state index contributed by atoms with van der Waals surface area (Å²) in [6, 6.07) is 0. The molecule has 0 aromatic rings. The molecule has 4 nitrogen and oxygen atoms in total. The van der Waals surface area contributed by atoms with Gasteiger partial charge in [-0.2, -0.15) is 13.2 Å². The molecule has 0 spiro atoms. The molecule has 0 heterocycles. The summed E-state index contributed by atoms with van der Waals surface area (Å²) in [4.78, 5) is 26.8. The van der Waals surface area contributed by atoms with Crippen LogP contribution in [0.25, 0.3) is 0 Å². The molecular formula is C27H42F3NO3S. The first-order chi connectivity index (χ1) is 16.5. The molecule has 4 bridgehead atoms. The summed E-state index contributed by atoms with van der Waals surface area (Å²) in [5.74, 6) is 1.67. The monoisotopic (exact) mass is 517 g/mol. The molecule has 6 unspecified atom stereocenters. The fourth-order valence-corrected chi connectivity index (χ4v) is 8.59. The number of esters is 1. The summed E-state index contributed by atoms with van der Waals surface area (Å²) in [6.45, 7) is 4.22. The maximum absolute atomic E-state index is 13.5. The molecule has 6 atom stereocenters. The number of hydrogen-bond acceptors (Lipinski definition) is 5. The molecule has 8 heteroatoms. The number of hydrogen-bond donors (Lipinski definition) is 1. The van der Waals surface area contributed by atoms with Crippen molar-refractivity contribution < 1.29 is 27.5 Å². The molecule has 0 saturated heterocycles. The second-order valence-electron chi connectivity index (χ2n) is 12.6. The lowest BCUT2D eigenvalue weighted by atomic mass is 9.59. The minimum Gasteiger partial charge on any atom is -0.465 e. The molecule has 1 N–H and O–H groups in total. The van der Waals surface area contributed by atoms with Crippen molar-refractivity contribution in [3.05, 3.63) is 0 Å². The van der Waals surface area contributed by atoms with Gasteiger partial charge in [0.1, 0.15) is 5.78 Å². The summed E-state index contributed by atoms with van der Waals surface area (Å²) in [5.41, 5.74) is -5.26. The Bertz CT molecular complexity index is 759. The van der Waals surface area contributed by atoms with Crippen LogP contribution in [-0.4, -0.2) is 30.4 Å². The van der Waals surface area contributed by atoms with E-state index in [4.69, 9.17) is 4.74 Å². The van der Waals surface area contributed by atoms with E-state index in [0.717, 1.165) is 51.4 Å². The smallest absolute Gasteiger partial charge is 0.456 e. The standard InChI is InChI=1S/C27H42F3NO3S/c1-18-9-19-7-4-8-26(12-18,15-19)24(33)34-17-22(16-31-35-27(28,29)30)11-23(32)25(2)13-20-5-3-6-21(10-20)14-25/h18-22,31H,3-17H2,1-2H3. The van der Waals surface area contributed by atoms with Crippen LogP contribution in [0.4, 0.5) is 13.2 Å². The predicted octanol–water partition coefficient (Wildman–Crippen LogP) is 7.08. The van der Waals surface area contributed by atoms with Crippen molar-refractivity contribution >= 4 is 23.7 Å². The van der Waals surface area contributed by atoms with Gasteiger partial charge in [0.25, 0.3) is 0 Å². The van der Waals surface area contributed by atoms with Crippen molar-refractivity contribution in [2.45, 2.75) is 103 Å². The SMILES string of the molecule is CC1CC2CCCC(C(=O)OCC(CNSC(F)(F)F)CC(=O)C3(C)CC4CCCC(C4)C3)(C1)C2. The van der Waals surface area contributed by atoms with Crippen LogP contribution >= 0.6 is 11.9 Å². The highest BCUT2D eigenvalue weighted by atomic mass is 32.2. The number of Topliss-reactive ketones (excluding diaryl/α,β-unsaturated/α-hetero) is 1. The van der Waals surface area contributed by atoms with Crippen LogP contribution in [0.15, 0.2) is 0 Å². The molecule has 4 fully saturated rings. The summed E-state index contributed by atoms with van der Waals surface area (Å²) in [5, 5.41) is 0. The molecule has 4 aliphatic carbocycles. The lowest BCUT2D eigenvalue weighted by Gasteiger charge is -2.46. The van der Waals surface area contributed by atoms with Gasteiger partial charge in [0.2, 0.25) is 0 Å². The van der Waals surface area contributed by atoms with Crippen LogP contribution in [-0.2, 0) is 14.3 Å². The lowest BCUT2D eigenvalue weighted by molar-refractivity contribution is -0.165. The molecule has 4 rings (SSSR count). The first-order valence-corrected chi connectivity index (χ1v) is 14.5. The summed E-state index contributed by atoms with van der Waals surface area (Å²) in [7, 11) is 0. The number of carbonyl (C=O) groups excluding carboxylic acids is 2. The average Bonchev–Trinajstić information content (AvgIpc) is 2.75. The van der Waals surface area contributed by atoms with Crippen LogP contribution in [0, 0.1) is 40.4 Å². The number of rotatable bonds is 9. The quantitative estimate of drug-likeness (QED) is 0.262. The third-order valence-corrected chi connectivity index (χ3v) is 9.92. The van der Waals surface area contributed by atoms with E-state index < -0.39 is 22.3 Å². The number of halogens is 3. The number of ether oxygens (including phenoxy) is 1. The number of ketones is 1. The zero-order valence-corrected chi connectivity index (χ0v) is 22.1. The highest BCUT2D eigenvalue weighted by Crippen LogP contribution is 2.52. The molecule has 0 amide bonds. The Morgan fingerprint density at radius 1 is 1.03 bits per heavy atom. The highest BCUT2D eigenvalue weighted by molar-refractivity contribution is 7.98. The molecular weight excluding hydrogens is 475 g/mol. The van der Waals surface area contributed by atoms with E-state index in [1.165, 1.54) is 25.7 Å². The van der Waals surface area contributed by atoms with E-state index in [1.807, 2.05) is 6.92 Å². The fourth-order valence-electron chi connectivity index (χ4n) is 8.11. The summed E-state index contributed by atoms with van der Waals surface area (Å²) < 4.78 is 46.4. The van der Waals surface area contributed by atoms with Gasteiger partial charge in [-0.3, -0.25) is 14.3 Å².